The minimum atomic E-state index is 0.184. The van der Waals surface area contributed by atoms with Crippen LogP contribution in [0.4, 0.5) is 0 Å². The number of nitrogens with one attached hydrogen (secondary N) is 1. The largest absolute Gasteiger partial charge is 0.396 e. The lowest BCUT2D eigenvalue weighted by Crippen LogP contribution is -2.28. The molecule has 0 aromatic rings. The molecule has 0 spiro atoms. The van der Waals surface area contributed by atoms with E-state index in [2.05, 4.69) is 5.32 Å². The van der Waals surface area contributed by atoms with Crippen molar-refractivity contribution in [3.63, 3.8) is 0 Å². The Morgan fingerprint density at radius 1 is 1.30 bits per heavy atom. The van der Waals surface area contributed by atoms with Crippen molar-refractivity contribution in [3.8, 4) is 0 Å². The molecule has 0 bridgehead atoms. The molecule has 0 aliphatic heterocycles. The van der Waals surface area contributed by atoms with Gasteiger partial charge in [0.15, 0.2) is 0 Å². The van der Waals surface area contributed by atoms with E-state index in [0.29, 0.717) is 12.6 Å². The SMILES string of the molecule is CC(CCCO)NCCO. The van der Waals surface area contributed by atoms with Crippen molar-refractivity contribution in [1.82, 2.24) is 5.32 Å². The van der Waals surface area contributed by atoms with Crippen LogP contribution in [0.15, 0.2) is 0 Å². The Kier molecular flexibility index (Phi) is 6.91. The summed E-state index contributed by atoms with van der Waals surface area (Å²) in [6.45, 7) is 3.13. The van der Waals surface area contributed by atoms with Crippen LogP contribution in [0.2, 0.25) is 0 Å². The molecule has 0 aromatic heterocycles. The molecule has 0 rings (SSSR count). The van der Waals surface area contributed by atoms with Gasteiger partial charge in [-0.25, -0.2) is 0 Å². The van der Waals surface area contributed by atoms with Crippen LogP contribution in [0.5, 0.6) is 0 Å². The van der Waals surface area contributed by atoms with Gasteiger partial charge in [-0.1, -0.05) is 0 Å². The zero-order chi connectivity index (χ0) is 7.82. The normalized spacial score (nSPS) is 13.5. The molecular formula is C7H17NO2. The van der Waals surface area contributed by atoms with Crippen LogP contribution in [0.25, 0.3) is 0 Å². The maximum atomic E-state index is 8.46. The summed E-state index contributed by atoms with van der Waals surface area (Å²) in [4.78, 5) is 0. The highest BCUT2D eigenvalue weighted by Crippen LogP contribution is 1.93. The smallest absolute Gasteiger partial charge is 0.0556 e. The van der Waals surface area contributed by atoms with E-state index in [4.69, 9.17) is 10.2 Å². The van der Waals surface area contributed by atoms with Gasteiger partial charge in [0.2, 0.25) is 0 Å². The van der Waals surface area contributed by atoms with E-state index in [1.165, 1.54) is 0 Å². The van der Waals surface area contributed by atoms with Gasteiger partial charge in [0, 0.05) is 19.2 Å². The van der Waals surface area contributed by atoms with E-state index in [9.17, 15) is 0 Å². The molecule has 0 radical (unpaired) electrons. The Labute approximate surface area is 62.1 Å². The van der Waals surface area contributed by atoms with E-state index < -0.39 is 0 Å². The van der Waals surface area contributed by atoms with Crippen LogP contribution in [0, 0.1) is 0 Å². The van der Waals surface area contributed by atoms with Gasteiger partial charge in [0.25, 0.3) is 0 Å². The molecule has 0 fully saturated rings. The fourth-order valence-corrected chi connectivity index (χ4v) is 0.810. The average molecular weight is 147 g/mol. The summed E-state index contributed by atoms with van der Waals surface area (Å²) in [6.07, 6.45) is 1.80. The molecule has 0 amide bonds. The van der Waals surface area contributed by atoms with Crippen LogP contribution in [-0.2, 0) is 0 Å². The van der Waals surface area contributed by atoms with Crippen molar-refractivity contribution in [2.45, 2.75) is 25.8 Å². The fourth-order valence-electron chi connectivity index (χ4n) is 0.810. The monoisotopic (exact) mass is 147 g/mol. The lowest BCUT2D eigenvalue weighted by molar-refractivity contribution is 0.265. The van der Waals surface area contributed by atoms with Crippen LogP contribution in [0.1, 0.15) is 19.8 Å². The van der Waals surface area contributed by atoms with Crippen LogP contribution < -0.4 is 5.32 Å². The second-order valence-electron chi connectivity index (χ2n) is 2.44. The topological polar surface area (TPSA) is 52.5 Å². The van der Waals surface area contributed by atoms with Gasteiger partial charge >= 0.3 is 0 Å². The molecule has 3 nitrogen and oxygen atoms in total. The Hall–Kier alpha value is -0.120. The van der Waals surface area contributed by atoms with Crippen molar-refractivity contribution in [2.75, 3.05) is 19.8 Å². The average Bonchev–Trinajstić information content (AvgIpc) is 1.97. The second kappa shape index (κ2) is 6.99. The first-order valence-electron chi connectivity index (χ1n) is 3.76. The van der Waals surface area contributed by atoms with Crippen molar-refractivity contribution >= 4 is 0 Å². The number of aliphatic hydroxyl groups excluding tert-OH is 2. The third kappa shape index (κ3) is 6.01. The van der Waals surface area contributed by atoms with Gasteiger partial charge in [-0.2, -0.15) is 0 Å². The first-order chi connectivity index (χ1) is 4.81. The number of aliphatic hydroxyl groups is 2. The van der Waals surface area contributed by atoms with E-state index >= 15 is 0 Å². The summed E-state index contributed by atoms with van der Waals surface area (Å²) in [7, 11) is 0. The van der Waals surface area contributed by atoms with E-state index in [0.717, 1.165) is 12.8 Å². The van der Waals surface area contributed by atoms with Crippen LogP contribution in [-0.4, -0.2) is 36.0 Å². The summed E-state index contributed by atoms with van der Waals surface area (Å²) >= 11 is 0. The van der Waals surface area contributed by atoms with E-state index in [-0.39, 0.29) is 13.2 Å². The molecule has 3 N–H and O–H groups in total. The molecule has 1 unspecified atom stereocenters. The highest BCUT2D eigenvalue weighted by Gasteiger charge is 1.97. The molecule has 0 saturated heterocycles. The highest BCUT2D eigenvalue weighted by molar-refractivity contribution is 4.58. The van der Waals surface area contributed by atoms with Crippen molar-refractivity contribution in [2.24, 2.45) is 0 Å². The Morgan fingerprint density at radius 3 is 2.50 bits per heavy atom. The Balaban J connectivity index is 3.00. The van der Waals surface area contributed by atoms with Gasteiger partial charge in [-0.3, -0.25) is 0 Å². The molecule has 10 heavy (non-hydrogen) atoms. The van der Waals surface area contributed by atoms with Crippen molar-refractivity contribution < 1.29 is 10.2 Å². The molecular weight excluding hydrogens is 130 g/mol. The third-order valence-electron chi connectivity index (χ3n) is 1.40. The zero-order valence-electron chi connectivity index (χ0n) is 6.51. The predicted octanol–water partition coefficient (Wildman–Crippen LogP) is -0.271. The van der Waals surface area contributed by atoms with Crippen molar-refractivity contribution in [3.05, 3.63) is 0 Å². The molecule has 0 aromatic carbocycles. The molecule has 1 atom stereocenters. The zero-order valence-corrected chi connectivity index (χ0v) is 6.51. The summed E-state index contributed by atoms with van der Waals surface area (Å²) in [5.41, 5.74) is 0. The quantitative estimate of drug-likeness (QED) is 0.485. The third-order valence-corrected chi connectivity index (χ3v) is 1.40. The van der Waals surface area contributed by atoms with Crippen LogP contribution in [0.3, 0.4) is 0 Å². The number of hydrogen-bond acceptors (Lipinski definition) is 3. The lowest BCUT2D eigenvalue weighted by atomic mass is 10.2. The first kappa shape index (κ1) is 9.88. The Bertz CT molecular complexity index is 60.6. The van der Waals surface area contributed by atoms with E-state index in [1.54, 1.807) is 0 Å². The number of hydrogen-bond donors (Lipinski definition) is 3. The molecule has 3 heteroatoms. The predicted molar refractivity (Wildman–Crippen MR) is 40.9 cm³/mol. The summed E-state index contributed by atoms with van der Waals surface area (Å²) in [5, 5.41) is 20.0. The lowest BCUT2D eigenvalue weighted by Gasteiger charge is -2.10. The van der Waals surface area contributed by atoms with Crippen molar-refractivity contribution in [1.29, 1.82) is 0 Å². The molecule has 0 heterocycles. The molecule has 0 aliphatic rings. The van der Waals surface area contributed by atoms with Crippen LogP contribution >= 0.6 is 0 Å². The highest BCUT2D eigenvalue weighted by atomic mass is 16.3. The van der Waals surface area contributed by atoms with Gasteiger partial charge < -0.3 is 15.5 Å². The second-order valence-corrected chi connectivity index (χ2v) is 2.44. The minimum Gasteiger partial charge on any atom is -0.396 e. The van der Waals surface area contributed by atoms with Gasteiger partial charge in [-0.15, -0.1) is 0 Å². The first-order valence-corrected chi connectivity index (χ1v) is 3.76. The van der Waals surface area contributed by atoms with E-state index in [1.807, 2.05) is 6.92 Å². The summed E-state index contributed by atoms with van der Waals surface area (Å²) in [5.74, 6) is 0. The van der Waals surface area contributed by atoms with Gasteiger partial charge in [0.05, 0.1) is 6.61 Å². The van der Waals surface area contributed by atoms with Gasteiger partial charge in [-0.05, 0) is 19.8 Å². The summed E-state index contributed by atoms with van der Waals surface area (Å²) < 4.78 is 0. The maximum Gasteiger partial charge on any atom is 0.0556 e. The fraction of sp³-hybridized carbons (Fsp3) is 1.00. The number of rotatable bonds is 6. The Morgan fingerprint density at radius 2 is 2.00 bits per heavy atom. The standard InChI is InChI=1S/C7H17NO2/c1-7(3-2-5-9)8-4-6-10/h7-10H,2-6H2,1H3. The van der Waals surface area contributed by atoms with Gasteiger partial charge in [0.1, 0.15) is 0 Å². The maximum absolute atomic E-state index is 8.46. The molecule has 0 aliphatic carbocycles. The summed E-state index contributed by atoms with van der Waals surface area (Å²) in [6, 6.07) is 0.402. The molecule has 0 saturated carbocycles. The molecule has 62 valence electrons. The minimum absolute atomic E-state index is 0.184.